The highest BCUT2D eigenvalue weighted by molar-refractivity contribution is 5.85. The summed E-state index contributed by atoms with van der Waals surface area (Å²) in [6, 6.07) is 0. The Bertz CT molecular complexity index is 153. The van der Waals surface area contributed by atoms with E-state index < -0.39 is 0 Å². The van der Waals surface area contributed by atoms with Crippen molar-refractivity contribution in [3.63, 3.8) is 0 Å². The molecular formula is C8H16ClNO. The van der Waals surface area contributed by atoms with Gasteiger partial charge in [0.1, 0.15) is 0 Å². The normalized spacial score (nSPS) is 48.5. The Balaban J connectivity index is 0.000000605. The number of hydrogen-bond acceptors (Lipinski definition) is 2. The zero-order chi connectivity index (χ0) is 7.19. The molecule has 2 fully saturated rings. The van der Waals surface area contributed by atoms with Gasteiger partial charge in [-0.05, 0) is 31.6 Å². The number of halogens is 1. The van der Waals surface area contributed by atoms with Crippen LogP contribution in [0.3, 0.4) is 0 Å². The predicted octanol–water partition coefficient (Wildman–Crippen LogP) is 1.06. The third-order valence-corrected chi connectivity index (χ3v) is 3.18. The zero-order valence-corrected chi connectivity index (χ0v) is 7.44. The number of aliphatic hydroxyl groups is 1. The van der Waals surface area contributed by atoms with E-state index in [0.29, 0.717) is 5.92 Å². The van der Waals surface area contributed by atoms with Crippen molar-refractivity contribution in [2.75, 3.05) is 0 Å². The lowest BCUT2D eigenvalue weighted by molar-refractivity contribution is 0.169. The predicted molar refractivity (Wildman–Crippen MR) is 46.7 cm³/mol. The van der Waals surface area contributed by atoms with Crippen molar-refractivity contribution >= 4 is 12.4 Å². The van der Waals surface area contributed by atoms with Crippen LogP contribution >= 0.6 is 12.4 Å². The van der Waals surface area contributed by atoms with Crippen molar-refractivity contribution in [1.82, 2.24) is 0 Å². The van der Waals surface area contributed by atoms with Gasteiger partial charge >= 0.3 is 0 Å². The fraction of sp³-hybridized carbons (Fsp3) is 1.00. The maximum absolute atomic E-state index is 9.32. The van der Waals surface area contributed by atoms with Crippen molar-refractivity contribution in [2.45, 2.75) is 43.7 Å². The molecular weight excluding hydrogens is 162 g/mol. The monoisotopic (exact) mass is 177 g/mol. The number of rotatable bonds is 0. The molecule has 0 aromatic rings. The van der Waals surface area contributed by atoms with Gasteiger partial charge in [-0.25, -0.2) is 0 Å². The van der Waals surface area contributed by atoms with Gasteiger partial charge in [0.25, 0.3) is 0 Å². The van der Waals surface area contributed by atoms with Gasteiger partial charge in [0.15, 0.2) is 0 Å². The summed E-state index contributed by atoms with van der Waals surface area (Å²) in [5.41, 5.74) is 6.12. The molecule has 3 N–H and O–H groups in total. The van der Waals surface area contributed by atoms with Crippen LogP contribution in [-0.4, -0.2) is 16.7 Å². The van der Waals surface area contributed by atoms with Crippen LogP contribution in [0.1, 0.15) is 32.1 Å². The molecule has 2 aliphatic carbocycles. The molecule has 0 heterocycles. The molecule has 0 aromatic heterocycles. The highest BCUT2D eigenvalue weighted by Gasteiger charge is 2.46. The molecule has 2 rings (SSSR count). The van der Waals surface area contributed by atoms with Crippen molar-refractivity contribution in [3.8, 4) is 0 Å². The standard InChI is InChI=1S/C8H15NO.ClH/c9-8-3-1-2-6(8)4-7(10)5-8;/h6-7,10H,1-5,9H2;1H. The first-order chi connectivity index (χ1) is 4.71. The maximum atomic E-state index is 9.32. The van der Waals surface area contributed by atoms with Crippen LogP contribution in [0.5, 0.6) is 0 Å². The first-order valence-corrected chi connectivity index (χ1v) is 4.18. The molecule has 3 unspecified atom stereocenters. The lowest BCUT2D eigenvalue weighted by Crippen LogP contribution is -2.39. The zero-order valence-electron chi connectivity index (χ0n) is 6.62. The van der Waals surface area contributed by atoms with Crippen molar-refractivity contribution in [2.24, 2.45) is 11.7 Å². The van der Waals surface area contributed by atoms with Gasteiger partial charge < -0.3 is 10.8 Å². The molecule has 0 aromatic carbocycles. The van der Waals surface area contributed by atoms with Crippen LogP contribution in [0, 0.1) is 5.92 Å². The Kier molecular flexibility index (Phi) is 2.47. The average Bonchev–Trinajstić information content (AvgIpc) is 2.20. The second-order valence-electron chi connectivity index (χ2n) is 3.92. The maximum Gasteiger partial charge on any atom is 0.0561 e. The van der Waals surface area contributed by atoms with Crippen LogP contribution in [0.15, 0.2) is 0 Å². The van der Waals surface area contributed by atoms with Crippen LogP contribution in [0.25, 0.3) is 0 Å². The number of fused-ring (bicyclic) bond motifs is 1. The van der Waals surface area contributed by atoms with E-state index in [1.54, 1.807) is 0 Å². The minimum Gasteiger partial charge on any atom is -0.393 e. The van der Waals surface area contributed by atoms with Crippen molar-refractivity contribution < 1.29 is 5.11 Å². The minimum absolute atomic E-state index is 0. The molecule has 0 amide bonds. The summed E-state index contributed by atoms with van der Waals surface area (Å²) in [6.07, 6.45) is 5.35. The van der Waals surface area contributed by atoms with Crippen LogP contribution in [0.2, 0.25) is 0 Å². The number of nitrogens with two attached hydrogens (primary N) is 1. The molecule has 2 saturated carbocycles. The molecule has 0 aliphatic heterocycles. The van der Waals surface area contributed by atoms with Crippen LogP contribution in [0.4, 0.5) is 0 Å². The van der Waals surface area contributed by atoms with Gasteiger partial charge in [0, 0.05) is 5.54 Å². The fourth-order valence-corrected chi connectivity index (χ4v) is 2.64. The van der Waals surface area contributed by atoms with E-state index in [1.807, 2.05) is 0 Å². The summed E-state index contributed by atoms with van der Waals surface area (Å²) in [5, 5.41) is 9.32. The van der Waals surface area contributed by atoms with Gasteiger partial charge in [0.05, 0.1) is 6.10 Å². The molecule has 3 heteroatoms. The van der Waals surface area contributed by atoms with Gasteiger partial charge in [-0.2, -0.15) is 0 Å². The van der Waals surface area contributed by atoms with E-state index >= 15 is 0 Å². The van der Waals surface area contributed by atoms with Crippen LogP contribution in [-0.2, 0) is 0 Å². The second-order valence-corrected chi connectivity index (χ2v) is 3.92. The summed E-state index contributed by atoms with van der Waals surface area (Å²) < 4.78 is 0. The molecule has 0 spiro atoms. The van der Waals surface area contributed by atoms with Crippen LogP contribution < -0.4 is 5.73 Å². The lowest BCUT2D eigenvalue weighted by Gasteiger charge is -2.22. The summed E-state index contributed by atoms with van der Waals surface area (Å²) in [6.45, 7) is 0. The highest BCUT2D eigenvalue weighted by Crippen LogP contribution is 2.45. The van der Waals surface area contributed by atoms with Crippen molar-refractivity contribution in [3.05, 3.63) is 0 Å². The molecule has 0 bridgehead atoms. The van der Waals surface area contributed by atoms with E-state index in [1.165, 1.54) is 12.8 Å². The van der Waals surface area contributed by atoms with E-state index in [9.17, 15) is 5.11 Å². The summed E-state index contributed by atoms with van der Waals surface area (Å²) >= 11 is 0. The Morgan fingerprint density at radius 1 is 1.45 bits per heavy atom. The largest absolute Gasteiger partial charge is 0.393 e. The fourth-order valence-electron chi connectivity index (χ4n) is 2.64. The Morgan fingerprint density at radius 3 is 2.82 bits per heavy atom. The summed E-state index contributed by atoms with van der Waals surface area (Å²) in [4.78, 5) is 0. The Labute approximate surface area is 73.6 Å². The lowest BCUT2D eigenvalue weighted by atomic mass is 9.92. The van der Waals surface area contributed by atoms with Gasteiger partial charge in [-0.1, -0.05) is 6.42 Å². The SMILES string of the molecule is Cl.NC12CCCC1CC(O)C2. The topological polar surface area (TPSA) is 46.2 Å². The van der Waals surface area contributed by atoms with E-state index in [-0.39, 0.29) is 24.0 Å². The van der Waals surface area contributed by atoms with Gasteiger partial charge in [-0.15, -0.1) is 12.4 Å². The van der Waals surface area contributed by atoms with E-state index in [2.05, 4.69) is 0 Å². The third-order valence-electron chi connectivity index (χ3n) is 3.18. The smallest absolute Gasteiger partial charge is 0.0561 e. The van der Waals surface area contributed by atoms with Gasteiger partial charge in [-0.3, -0.25) is 0 Å². The summed E-state index contributed by atoms with van der Waals surface area (Å²) in [5.74, 6) is 0.627. The molecule has 66 valence electrons. The minimum atomic E-state index is -0.102. The highest BCUT2D eigenvalue weighted by atomic mass is 35.5. The average molecular weight is 178 g/mol. The Hall–Kier alpha value is 0.210. The third kappa shape index (κ3) is 1.40. The summed E-state index contributed by atoms with van der Waals surface area (Å²) in [7, 11) is 0. The molecule has 11 heavy (non-hydrogen) atoms. The first kappa shape index (κ1) is 9.30. The molecule has 0 saturated heterocycles. The quantitative estimate of drug-likeness (QED) is 0.582. The molecule has 2 nitrogen and oxygen atoms in total. The molecule has 2 aliphatic rings. The molecule has 3 atom stereocenters. The Morgan fingerprint density at radius 2 is 2.18 bits per heavy atom. The van der Waals surface area contributed by atoms with Crippen molar-refractivity contribution in [1.29, 1.82) is 0 Å². The van der Waals surface area contributed by atoms with E-state index in [4.69, 9.17) is 5.73 Å². The number of hydrogen-bond donors (Lipinski definition) is 2. The van der Waals surface area contributed by atoms with Gasteiger partial charge in [0.2, 0.25) is 0 Å². The first-order valence-electron chi connectivity index (χ1n) is 4.18. The van der Waals surface area contributed by atoms with E-state index in [0.717, 1.165) is 19.3 Å². The second kappa shape index (κ2) is 2.92. The number of aliphatic hydroxyl groups excluding tert-OH is 1. The molecule has 0 radical (unpaired) electrons.